The van der Waals surface area contributed by atoms with Gasteiger partial charge in [-0.05, 0) is 36.6 Å². The fourth-order valence-corrected chi connectivity index (χ4v) is 4.18. The van der Waals surface area contributed by atoms with Crippen LogP contribution < -0.4 is 0 Å². The quantitative estimate of drug-likeness (QED) is 0.932. The second-order valence-corrected chi connectivity index (χ2v) is 7.04. The maximum absolute atomic E-state index is 11.8. The van der Waals surface area contributed by atoms with Gasteiger partial charge in [-0.3, -0.25) is 9.69 Å². The molecular formula is C16H16ClNO2S. The molecule has 1 aliphatic heterocycles. The summed E-state index contributed by atoms with van der Waals surface area (Å²) in [6.45, 7) is 3.51. The lowest BCUT2D eigenvalue weighted by atomic mass is 10.0. The lowest BCUT2D eigenvalue weighted by Crippen LogP contribution is -2.37. The van der Waals surface area contributed by atoms with Gasteiger partial charge in [-0.15, -0.1) is 11.3 Å². The molecule has 3 rings (SSSR count). The van der Waals surface area contributed by atoms with E-state index in [-0.39, 0.29) is 0 Å². The van der Waals surface area contributed by atoms with E-state index in [1.165, 1.54) is 15.3 Å². The number of aliphatic carboxylic acids is 1. The second-order valence-electron chi connectivity index (χ2n) is 5.29. The summed E-state index contributed by atoms with van der Waals surface area (Å²) in [6.07, 6.45) is 0.905. The fourth-order valence-electron chi connectivity index (χ4n) is 2.91. The molecule has 0 bridgehead atoms. The van der Waals surface area contributed by atoms with Crippen LogP contribution in [0.3, 0.4) is 0 Å². The van der Waals surface area contributed by atoms with Crippen LogP contribution in [0.2, 0.25) is 5.02 Å². The normalized spacial score (nSPS) is 16.5. The highest BCUT2D eigenvalue weighted by Crippen LogP contribution is 2.34. The number of rotatable bonds is 3. The first kappa shape index (κ1) is 14.6. The molecule has 2 aromatic rings. The molecule has 0 saturated carbocycles. The molecule has 0 spiro atoms. The maximum atomic E-state index is 11.8. The van der Waals surface area contributed by atoms with Crippen LogP contribution in [0, 0.1) is 6.92 Å². The predicted octanol–water partition coefficient (Wildman–Crippen LogP) is 3.89. The van der Waals surface area contributed by atoms with Crippen molar-refractivity contribution in [1.82, 2.24) is 4.90 Å². The van der Waals surface area contributed by atoms with Crippen molar-refractivity contribution in [1.29, 1.82) is 0 Å². The van der Waals surface area contributed by atoms with Gasteiger partial charge >= 0.3 is 5.97 Å². The summed E-state index contributed by atoms with van der Waals surface area (Å²) >= 11 is 8.01. The minimum absolute atomic E-state index is 0.511. The lowest BCUT2D eigenvalue weighted by molar-refractivity contribution is -0.144. The molecule has 2 heterocycles. The van der Waals surface area contributed by atoms with Crippen LogP contribution in [-0.4, -0.2) is 22.5 Å². The van der Waals surface area contributed by atoms with Gasteiger partial charge in [0.25, 0.3) is 0 Å². The SMILES string of the molecule is Cc1cc2c(s1)CCN([C@H](C(=O)O)c1ccccc1Cl)C2. The Hall–Kier alpha value is -1.36. The molecule has 0 amide bonds. The standard InChI is InChI=1S/C16H16ClNO2S/c1-10-8-11-9-18(7-6-14(11)21-10)15(16(19)20)12-4-2-3-5-13(12)17/h2-5,8,15H,6-7,9H2,1H3,(H,19,20)/t15-/m0/s1. The number of carboxylic acids is 1. The predicted molar refractivity (Wildman–Crippen MR) is 85.0 cm³/mol. The number of carboxylic acid groups (broad SMARTS) is 1. The zero-order chi connectivity index (χ0) is 15.0. The summed E-state index contributed by atoms with van der Waals surface area (Å²) in [5, 5.41) is 10.2. The summed E-state index contributed by atoms with van der Waals surface area (Å²) in [7, 11) is 0. The zero-order valence-corrected chi connectivity index (χ0v) is 13.2. The number of carbonyl (C=O) groups is 1. The average Bonchev–Trinajstić information content (AvgIpc) is 2.80. The molecule has 0 aliphatic carbocycles. The van der Waals surface area contributed by atoms with E-state index in [1.807, 2.05) is 28.4 Å². The molecule has 1 aromatic heterocycles. The summed E-state index contributed by atoms with van der Waals surface area (Å²) in [5.41, 5.74) is 1.92. The number of aryl methyl sites for hydroxylation is 1. The van der Waals surface area contributed by atoms with Crippen molar-refractivity contribution in [3.8, 4) is 0 Å². The van der Waals surface area contributed by atoms with E-state index in [0.29, 0.717) is 17.1 Å². The summed E-state index contributed by atoms with van der Waals surface area (Å²) in [6, 6.07) is 8.68. The van der Waals surface area contributed by atoms with Gasteiger partial charge in [0.15, 0.2) is 0 Å². The Bertz CT molecular complexity index is 683. The van der Waals surface area contributed by atoms with Crippen molar-refractivity contribution in [3.63, 3.8) is 0 Å². The minimum Gasteiger partial charge on any atom is -0.480 e. The van der Waals surface area contributed by atoms with Gasteiger partial charge in [0.2, 0.25) is 0 Å². The number of halogens is 1. The first-order chi connectivity index (χ1) is 10.1. The first-order valence-corrected chi connectivity index (χ1v) is 8.05. The molecule has 0 radical (unpaired) electrons. The second kappa shape index (κ2) is 5.79. The van der Waals surface area contributed by atoms with Crippen LogP contribution in [0.1, 0.15) is 26.9 Å². The monoisotopic (exact) mass is 321 g/mol. The Kier molecular flexibility index (Phi) is 4.02. The molecule has 0 unspecified atom stereocenters. The number of thiophene rings is 1. The van der Waals surface area contributed by atoms with Crippen LogP contribution in [0.5, 0.6) is 0 Å². The van der Waals surface area contributed by atoms with Crippen LogP contribution in [0.25, 0.3) is 0 Å². The Balaban J connectivity index is 1.93. The molecule has 1 N–H and O–H groups in total. The summed E-state index contributed by atoms with van der Waals surface area (Å²) < 4.78 is 0. The zero-order valence-electron chi connectivity index (χ0n) is 11.7. The molecule has 0 saturated heterocycles. The topological polar surface area (TPSA) is 40.5 Å². The van der Waals surface area contributed by atoms with Crippen molar-refractivity contribution in [3.05, 3.63) is 56.2 Å². The Morgan fingerprint density at radius 1 is 1.43 bits per heavy atom. The van der Waals surface area contributed by atoms with Gasteiger partial charge in [0.05, 0.1) is 0 Å². The van der Waals surface area contributed by atoms with Crippen molar-refractivity contribution >= 4 is 28.9 Å². The number of hydrogen-bond acceptors (Lipinski definition) is 3. The molecule has 1 aromatic carbocycles. The van der Waals surface area contributed by atoms with Gasteiger partial charge in [-0.25, -0.2) is 0 Å². The average molecular weight is 322 g/mol. The van der Waals surface area contributed by atoms with Crippen LogP contribution in [-0.2, 0) is 17.8 Å². The Labute approximate surface area is 132 Å². The van der Waals surface area contributed by atoms with Crippen LogP contribution in [0.15, 0.2) is 30.3 Å². The van der Waals surface area contributed by atoms with E-state index in [0.717, 1.165) is 13.0 Å². The van der Waals surface area contributed by atoms with E-state index in [2.05, 4.69) is 13.0 Å². The third-order valence-electron chi connectivity index (χ3n) is 3.82. The largest absolute Gasteiger partial charge is 0.480 e. The highest BCUT2D eigenvalue weighted by molar-refractivity contribution is 7.12. The maximum Gasteiger partial charge on any atom is 0.325 e. The smallest absolute Gasteiger partial charge is 0.325 e. The van der Waals surface area contributed by atoms with Gasteiger partial charge in [0.1, 0.15) is 6.04 Å². The van der Waals surface area contributed by atoms with Crippen molar-refractivity contribution in [2.24, 2.45) is 0 Å². The Morgan fingerprint density at radius 3 is 2.90 bits per heavy atom. The van der Waals surface area contributed by atoms with Gasteiger partial charge in [-0.2, -0.15) is 0 Å². The van der Waals surface area contributed by atoms with Crippen molar-refractivity contribution in [2.45, 2.75) is 25.9 Å². The highest BCUT2D eigenvalue weighted by Gasteiger charge is 2.32. The first-order valence-electron chi connectivity index (χ1n) is 6.85. The van der Waals surface area contributed by atoms with Crippen LogP contribution >= 0.6 is 22.9 Å². The third kappa shape index (κ3) is 2.84. The van der Waals surface area contributed by atoms with Crippen LogP contribution in [0.4, 0.5) is 0 Å². The van der Waals surface area contributed by atoms with E-state index in [9.17, 15) is 9.90 Å². The minimum atomic E-state index is -0.849. The van der Waals surface area contributed by atoms with E-state index >= 15 is 0 Å². The number of hydrogen-bond donors (Lipinski definition) is 1. The van der Waals surface area contributed by atoms with E-state index in [4.69, 9.17) is 11.6 Å². The molecule has 1 atom stereocenters. The molecular weight excluding hydrogens is 306 g/mol. The summed E-state index contributed by atoms with van der Waals surface area (Å²) in [4.78, 5) is 16.4. The van der Waals surface area contributed by atoms with Crippen molar-refractivity contribution < 1.29 is 9.90 Å². The van der Waals surface area contributed by atoms with Gasteiger partial charge < -0.3 is 5.11 Å². The van der Waals surface area contributed by atoms with E-state index < -0.39 is 12.0 Å². The molecule has 21 heavy (non-hydrogen) atoms. The Morgan fingerprint density at radius 2 is 2.19 bits per heavy atom. The van der Waals surface area contributed by atoms with Crippen molar-refractivity contribution in [2.75, 3.05) is 6.54 Å². The highest BCUT2D eigenvalue weighted by atomic mass is 35.5. The number of fused-ring (bicyclic) bond motifs is 1. The number of benzene rings is 1. The molecule has 1 aliphatic rings. The van der Waals surface area contributed by atoms with E-state index in [1.54, 1.807) is 12.1 Å². The fraction of sp³-hybridized carbons (Fsp3) is 0.312. The summed E-state index contributed by atoms with van der Waals surface area (Å²) in [5.74, 6) is -0.849. The van der Waals surface area contributed by atoms with Gasteiger partial charge in [0, 0.05) is 27.9 Å². The molecule has 3 nitrogen and oxygen atoms in total. The molecule has 110 valence electrons. The number of nitrogens with zero attached hydrogens (tertiary/aromatic N) is 1. The van der Waals surface area contributed by atoms with Gasteiger partial charge in [-0.1, -0.05) is 29.8 Å². The lowest BCUT2D eigenvalue weighted by Gasteiger charge is -2.32. The third-order valence-corrected chi connectivity index (χ3v) is 5.31. The molecule has 5 heteroatoms. The molecule has 0 fully saturated rings.